The van der Waals surface area contributed by atoms with Crippen molar-refractivity contribution in [3.8, 4) is 28.7 Å². The number of carbonyl (C=O) groups excluding carboxylic acids is 1. The van der Waals surface area contributed by atoms with Gasteiger partial charge in [-0.15, -0.1) is 0 Å². The Balaban J connectivity index is 1.39. The van der Waals surface area contributed by atoms with E-state index in [1.54, 1.807) is 36.3 Å². The standard InChI is InChI=1S/C31H34N2O5/c1-6-33(30(34)38-26-17-15-25(35-5)16-18-26)20-23-11-10-14-27(19-23)36-21-31(3,4)28-22(2)37-29(32-28)24-12-8-7-9-13-24/h7-19H,6,20-21H2,1-5H3. The summed E-state index contributed by atoms with van der Waals surface area (Å²) in [5, 5.41) is 0. The summed E-state index contributed by atoms with van der Waals surface area (Å²) in [6.45, 7) is 9.34. The molecule has 0 radical (unpaired) electrons. The van der Waals surface area contributed by atoms with Gasteiger partial charge in [0, 0.05) is 24.1 Å². The van der Waals surface area contributed by atoms with Crippen molar-refractivity contribution in [1.29, 1.82) is 0 Å². The van der Waals surface area contributed by atoms with E-state index in [4.69, 9.17) is 23.6 Å². The van der Waals surface area contributed by atoms with Crippen molar-refractivity contribution in [2.24, 2.45) is 0 Å². The number of aryl methyl sites for hydroxylation is 1. The van der Waals surface area contributed by atoms with Crippen molar-refractivity contribution in [2.75, 3.05) is 20.3 Å². The molecule has 4 aromatic rings. The molecule has 38 heavy (non-hydrogen) atoms. The number of rotatable bonds is 10. The molecule has 0 saturated heterocycles. The average Bonchev–Trinajstić information content (AvgIpc) is 3.34. The van der Waals surface area contributed by atoms with Crippen LogP contribution in [0.15, 0.2) is 83.3 Å². The monoisotopic (exact) mass is 514 g/mol. The van der Waals surface area contributed by atoms with E-state index < -0.39 is 6.09 Å². The number of benzene rings is 3. The van der Waals surface area contributed by atoms with Crippen molar-refractivity contribution in [3.05, 3.63) is 95.9 Å². The third-order valence-corrected chi connectivity index (χ3v) is 6.23. The van der Waals surface area contributed by atoms with Gasteiger partial charge in [0.15, 0.2) is 0 Å². The zero-order valence-corrected chi connectivity index (χ0v) is 22.6. The summed E-state index contributed by atoms with van der Waals surface area (Å²) in [7, 11) is 1.59. The molecule has 3 aromatic carbocycles. The molecule has 0 N–H and O–H groups in total. The van der Waals surface area contributed by atoms with E-state index in [-0.39, 0.29) is 5.41 Å². The summed E-state index contributed by atoms with van der Waals surface area (Å²) in [5.41, 5.74) is 2.37. The number of hydrogen-bond acceptors (Lipinski definition) is 6. The zero-order chi connectivity index (χ0) is 27.1. The molecule has 1 amide bonds. The first-order valence-electron chi connectivity index (χ1n) is 12.6. The highest BCUT2D eigenvalue weighted by Gasteiger charge is 2.29. The Kier molecular flexibility index (Phi) is 8.36. The van der Waals surface area contributed by atoms with Crippen LogP contribution in [0.5, 0.6) is 17.2 Å². The zero-order valence-electron chi connectivity index (χ0n) is 22.6. The highest BCUT2D eigenvalue weighted by molar-refractivity contribution is 5.70. The van der Waals surface area contributed by atoms with Crippen LogP contribution < -0.4 is 14.2 Å². The maximum atomic E-state index is 12.8. The lowest BCUT2D eigenvalue weighted by Crippen LogP contribution is -2.32. The van der Waals surface area contributed by atoms with Crippen LogP contribution in [-0.2, 0) is 12.0 Å². The quantitative estimate of drug-likeness (QED) is 0.226. The highest BCUT2D eigenvalue weighted by Crippen LogP contribution is 2.31. The second-order valence-electron chi connectivity index (χ2n) is 9.67. The van der Waals surface area contributed by atoms with E-state index in [9.17, 15) is 4.79 Å². The third kappa shape index (κ3) is 6.54. The SMILES string of the molecule is CCN(Cc1cccc(OCC(C)(C)c2nc(-c3ccccc3)oc2C)c1)C(=O)Oc1ccc(OC)cc1. The number of nitrogens with zero attached hydrogens (tertiary/aromatic N) is 2. The molecule has 0 atom stereocenters. The van der Waals surface area contributed by atoms with Crippen molar-refractivity contribution >= 4 is 6.09 Å². The van der Waals surface area contributed by atoms with Gasteiger partial charge < -0.3 is 23.5 Å². The molecular weight excluding hydrogens is 480 g/mol. The van der Waals surface area contributed by atoms with Gasteiger partial charge >= 0.3 is 6.09 Å². The molecule has 0 aliphatic carbocycles. The molecule has 0 fully saturated rings. The number of aromatic nitrogens is 1. The topological polar surface area (TPSA) is 74.0 Å². The van der Waals surface area contributed by atoms with E-state index in [0.717, 1.165) is 28.3 Å². The van der Waals surface area contributed by atoms with Gasteiger partial charge in [-0.3, -0.25) is 0 Å². The molecule has 0 aliphatic rings. The van der Waals surface area contributed by atoms with E-state index in [2.05, 4.69) is 13.8 Å². The van der Waals surface area contributed by atoms with Gasteiger partial charge in [-0.1, -0.05) is 44.2 Å². The molecule has 1 aromatic heterocycles. The minimum atomic E-state index is -0.416. The van der Waals surface area contributed by atoms with Gasteiger partial charge in [0.25, 0.3) is 0 Å². The Morgan fingerprint density at radius 1 is 0.947 bits per heavy atom. The second-order valence-corrected chi connectivity index (χ2v) is 9.67. The van der Waals surface area contributed by atoms with Crippen LogP contribution in [0, 0.1) is 6.92 Å². The minimum Gasteiger partial charge on any atom is -0.497 e. The summed E-state index contributed by atoms with van der Waals surface area (Å²) >= 11 is 0. The van der Waals surface area contributed by atoms with Crippen molar-refractivity contribution in [3.63, 3.8) is 0 Å². The first-order valence-corrected chi connectivity index (χ1v) is 12.6. The van der Waals surface area contributed by atoms with Crippen molar-refractivity contribution in [2.45, 2.75) is 39.7 Å². The van der Waals surface area contributed by atoms with Gasteiger partial charge in [-0.25, -0.2) is 9.78 Å². The van der Waals surface area contributed by atoms with Crippen molar-refractivity contribution < 1.29 is 23.4 Å². The first-order chi connectivity index (χ1) is 18.3. The number of oxazole rings is 1. The van der Waals surface area contributed by atoms with Gasteiger partial charge in [-0.05, 0) is 67.9 Å². The van der Waals surface area contributed by atoms with E-state index in [1.165, 1.54) is 0 Å². The summed E-state index contributed by atoms with van der Waals surface area (Å²) in [4.78, 5) is 19.2. The Morgan fingerprint density at radius 2 is 1.66 bits per heavy atom. The molecular formula is C31H34N2O5. The van der Waals surface area contributed by atoms with Crippen LogP contribution >= 0.6 is 0 Å². The molecule has 0 unspecified atom stereocenters. The first kappa shape index (κ1) is 26.8. The Labute approximate surface area is 224 Å². The fourth-order valence-electron chi connectivity index (χ4n) is 4.13. The molecule has 0 saturated carbocycles. The fourth-order valence-corrected chi connectivity index (χ4v) is 4.13. The summed E-state index contributed by atoms with van der Waals surface area (Å²) in [5.74, 6) is 3.27. The Hall–Kier alpha value is -4.26. The summed E-state index contributed by atoms with van der Waals surface area (Å²) in [6, 6.07) is 24.5. The molecule has 7 heteroatoms. The Bertz CT molecular complexity index is 1350. The Morgan fingerprint density at radius 3 is 2.34 bits per heavy atom. The van der Waals surface area contributed by atoms with Crippen LogP contribution in [0.25, 0.3) is 11.5 Å². The number of methoxy groups -OCH3 is 1. The number of hydrogen-bond donors (Lipinski definition) is 0. The van der Waals surface area contributed by atoms with Gasteiger partial charge in [0.2, 0.25) is 5.89 Å². The maximum absolute atomic E-state index is 12.8. The van der Waals surface area contributed by atoms with Crippen LogP contribution in [0.4, 0.5) is 4.79 Å². The van der Waals surface area contributed by atoms with Gasteiger partial charge in [0.1, 0.15) is 23.0 Å². The lowest BCUT2D eigenvalue weighted by Gasteiger charge is -2.24. The lowest BCUT2D eigenvalue weighted by atomic mass is 9.89. The minimum absolute atomic E-state index is 0.381. The third-order valence-electron chi connectivity index (χ3n) is 6.23. The number of ether oxygens (including phenoxy) is 3. The molecule has 1 heterocycles. The summed E-state index contributed by atoms with van der Waals surface area (Å²) in [6.07, 6.45) is -0.416. The number of carbonyl (C=O) groups is 1. The average molecular weight is 515 g/mol. The van der Waals surface area contributed by atoms with E-state index >= 15 is 0 Å². The smallest absolute Gasteiger partial charge is 0.415 e. The molecule has 0 aliphatic heterocycles. The lowest BCUT2D eigenvalue weighted by molar-refractivity contribution is 0.152. The molecule has 0 spiro atoms. The molecule has 7 nitrogen and oxygen atoms in total. The van der Waals surface area contributed by atoms with Crippen LogP contribution in [0.1, 0.15) is 37.8 Å². The normalized spacial score (nSPS) is 11.2. The second kappa shape index (κ2) is 11.9. The van der Waals surface area contributed by atoms with Crippen LogP contribution in [-0.4, -0.2) is 36.2 Å². The predicted octanol–water partition coefficient (Wildman–Crippen LogP) is 7.04. The fraction of sp³-hybridized carbons (Fsp3) is 0.290. The largest absolute Gasteiger partial charge is 0.497 e. The van der Waals surface area contributed by atoms with Crippen LogP contribution in [0.2, 0.25) is 0 Å². The van der Waals surface area contributed by atoms with E-state index in [1.807, 2.05) is 68.4 Å². The van der Waals surface area contributed by atoms with E-state index in [0.29, 0.717) is 37.1 Å². The van der Waals surface area contributed by atoms with Crippen LogP contribution in [0.3, 0.4) is 0 Å². The van der Waals surface area contributed by atoms with Gasteiger partial charge in [0.05, 0.1) is 19.4 Å². The molecule has 4 rings (SSSR count). The highest BCUT2D eigenvalue weighted by atomic mass is 16.6. The predicted molar refractivity (Wildman–Crippen MR) is 147 cm³/mol. The van der Waals surface area contributed by atoms with Gasteiger partial charge in [-0.2, -0.15) is 0 Å². The van der Waals surface area contributed by atoms with Crippen molar-refractivity contribution in [1.82, 2.24) is 9.88 Å². The maximum Gasteiger partial charge on any atom is 0.415 e. The molecule has 198 valence electrons. The summed E-state index contributed by atoms with van der Waals surface area (Å²) < 4.78 is 22.9. The number of amides is 1. The molecule has 0 bridgehead atoms.